The number of carboxylic acid groups (broad SMARTS) is 1. The number of aryl methyl sites for hydroxylation is 1. The van der Waals surface area contributed by atoms with E-state index in [0.717, 1.165) is 11.4 Å². The molecule has 134 valence electrons. The molecular weight excluding hydrogens is 354 g/mol. The second-order valence-electron chi connectivity index (χ2n) is 6.00. The molecular formula is C19H18ClN3O3. The maximum atomic E-state index is 12.1. The molecule has 1 heterocycles. The zero-order valence-electron chi connectivity index (χ0n) is 14.9. The van der Waals surface area contributed by atoms with Crippen LogP contribution in [0.2, 0.25) is 5.02 Å². The molecule has 0 saturated carbocycles. The predicted octanol–water partition coefficient (Wildman–Crippen LogP) is 3.44. The van der Waals surface area contributed by atoms with E-state index in [1.807, 2.05) is 26.0 Å². The van der Waals surface area contributed by atoms with Crippen LogP contribution in [0.5, 0.6) is 0 Å². The number of nitrogens with zero attached hydrogens (tertiary/aromatic N) is 3. The van der Waals surface area contributed by atoms with Crippen LogP contribution in [-0.4, -0.2) is 40.5 Å². The van der Waals surface area contributed by atoms with Gasteiger partial charge in [-0.25, -0.2) is 4.79 Å². The summed E-state index contributed by atoms with van der Waals surface area (Å²) in [5.41, 5.74) is 2.89. The molecule has 6 nitrogen and oxygen atoms in total. The lowest BCUT2D eigenvalue weighted by Crippen LogP contribution is -2.22. The Morgan fingerprint density at radius 1 is 1.27 bits per heavy atom. The van der Waals surface area contributed by atoms with E-state index in [1.54, 1.807) is 18.7 Å². The first kappa shape index (κ1) is 19.3. The molecule has 1 amide bonds. The monoisotopic (exact) mass is 371 g/mol. The molecule has 0 radical (unpaired) electrons. The molecule has 2 rings (SSSR count). The van der Waals surface area contributed by atoms with Crippen LogP contribution in [0.25, 0.3) is 11.8 Å². The van der Waals surface area contributed by atoms with Crippen LogP contribution in [0, 0.1) is 25.2 Å². The van der Waals surface area contributed by atoms with Crippen molar-refractivity contribution in [2.75, 3.05) is 14.1 Å². The van der Waals surface area contributed by atoms with Gasteiger partial charge in [0, 0.05) is 25.5 Å². The van der Waals surface area contributed by atoms with E-state index in [0.29, 0.717) is 16.3 Å². The van der Waals surface area contributed by atoms with E-state index in [4.69, 9.17) is 11.6 Å². The number of carbonyl (C=O) groups is 2. The Labute approximate surface area is 156 Å². The zero-order chi connectivity index (χ0) is 19.6. The quantitative estimate of drug-likeness (QED) is 0.658. The van der Waals surface area contributed by atoms with Gasteiger partial charge in [-0.3, -0.25) is 4.79 Å². The maximum absolute atomic E-state index is 12.1. The van der Waals surface area contributed by atoms with Crippen molar-refractivity contribution in [3.05, 3.63) is 57.4 Å². The molecule has 2 aromatic rings. The van der Waals surface area contributed by atoms with Crippen molar-refractivity contribution in [2.45, 2.75) is 13.8 Å². The summed E-state index contributed by atoms with van der Waals surface area (Å²) in [4.78, 5) is 24.7. The highest BCUT2D eigenvalue weighted by Crippen LogP contribution is 2.28. The molecule has 0 atom stereocenters. The van der Waals surface area contributed by atoms with Crippen LogP contribution in [0.15, 0.2) is 29.8 Å². The Kier molecular flexibility index (Phi) is 5.53. The molecule has 26 heavy (non-hydrogen) atoms. The fourth-order valence-electron chi connectivity index (χ4n) is 2.66. The fraction of sp³-hybridized carbons (Fsp3) is 0.211. The Bertz CT molecular complexity index is 965. The van der Waals surface area contributed by atoms with Crippen molar-refractivity contribution in [1.29, 1.82) is 5.26 Å². The van der Waals surface area contributed by atoms with Gasteiger partial charge in [0.05, 0.1) is 16.3 Å². The first-order valence-electron chi connectivity index (χ1n) is 7.73. The van der Waals surface area contributed by atoms with E-state index in [1.165, 1.54) is 29.2 Å². The smallest absolute Gasteiger partial charge is 0.335 e. The van der Waals surface area contributed by atoms with Crippen LogP contribution in [0.1, 0.15) is 27.3 Å². The van der Waals surface area contributed by atoms with Gasteiger partial charge in [0.25, 0.3) is 5.91 Å². The molecule has 1 aromatic heterocycles. The van der Waals surface area contributed by atoms with Gasteiger partial charge in [0.1, 0.15) is 11.6 Å². The van der Waals surface area contributed by atoms with E-state index in [2.05, 4.69) is 0 Å². The zero-order valence-corrected chi connectivity index (χ0v) is 15.6. The van der Waals surface area contributed by atoms with Gasteiger partial charge in [-0.05, 0) is 49.8 Å². The summed E-state index contributed by atoms with van der Waals surface area (Å²) in [6.07, 6.45) is 1.52. The first-order chi connectivity index (χ1) is 12.2. The molecule has 0 fully saturated rings. The van der Waals surface area contributed by atoms with E-state index >= 15 is 0 Å². The second-order valence-corrected chi connectivity index (χ2v) is 6.41. The van der Waals surface area contributed by atoms with Crippen molar-refractivity contribution in [3.63, 3.8) is 0 Å². The summed E-state index contributed by atoms with van der Waals surface area (Å²) in [5.74, 6) is -1.43. The number of halogens is 1. The summed E-state index contributed by atoms with van der Waals surface area (Å²) < 4.78 is 1.80. The molecule has 0 spiro atoms. The third-order valence-corrected chi connectivity index (χ3v) is 4.28. The predicted molar refractivity (Wildman–Crippen MR) is 99.5 cm³/mol. The lowest BCUT2D eigenvalue weighted by molar-refractivity contribution is -0.124. The van der Waals surface area contributed by atoms with Crippen LogP contribution < -0.4 is 0 Å². The average molecular weight is 372 g/mol. The van der Waals surface area contributed by atoms with Crippen LogP contribution in [0.4, 0.5) is 0 Å². The highest BCUT2D eigenvalue weighted by Gasteiger charge is 2.17. The maximum Gasteiger partial charge on any atom is 0.335 e. The topological polar surface area (TPSA) is 86.3 Å². The third kappa shape index (κ3) is 3.63. The molecule has 0 aliphatic heterocycles. The Hall–Kier alpha value is -3.04. The molecule has 1 N–H and O–H groups in total. The number of nitriles is 1. The second kappa shape index (κ2) is 7.46. The van der Waals surface area contributed by atoms with Gasteiger partial charge in [0.2, 0.25) is 0 Å². The van der Waals surface area contributed by atoms with Crippen LogP contribution in [0.3, 0.4) is 0 Å². The van der Waals surface area contributed by atoms with Gasteiger partial charge in [0.15, 0.2) is 0 Å². The molecule has 0 unspecified atom stereocenters. The van der Waals surface area contributed by atoms with Crippen molar-refractivity contribution >= 4 is 29.6 Å². The highest BCUT2D eigenvalue weighted by atomic mass is 35.5. The van der Waals surface area contributed by atoms with Gasteiger partial charge >= 0.3 is 5.97 Å². The molecule has 1 aromatic carbocycles. The van der Waals surface area contributed by atoms with Gasteiger partial charge in [-0.1, -0.05) is 11.6 Å². The van der Waals surface area contributed by atoms with Gasteiger partial charge in [-0.15, -0.1) is 0 Å². The van der Waals surface area contributed by atoms with Gasteiger partial charge < -0.3 is 14.6 Å². The first-order valence-corrected chi connectivity index (χ1v) is 8.10. The molecule has 0 aliphatic carbocycles. The highest BCUT2D eigenvalue weighted by molar-refractivity contribution is 6.32. The van der Waals surface area contributed by atoms with Crippen molar-refractivity contribution in [2.24, 2.45) is 0 Å². The number of aromatic nitrogens is 1. The number of benzene rings is 1. The van der Waals surface area contributed by atoms with Gasteiger partial charge in [-0.2, -0.15) is 5.26 Å². The standard InChI is InChI=1S/C19H18ClN3O3/c1-11-7-14(8-15(10-21)18(24)22(3)4)12(2)23(11)17-9-13(19(25)26)5-6-16(17)20/h5-9H,1-4H3,(H,25,26)/b15-8-. The number of likely N-dealkylation sites (N-methyl/N-ethyl adjacent to an activating group) is 1. The van der Waals surface area contributed by atoms with Crippen molar-refractivity contribution in [1.82, 2.24) is 9.47 Å². The number of aromatic carboxylic acids is 1. The number of rotatable bonds is 4. The average Bonchev–Trinajstić information content (AvgIpc) is 2.86. The number of carbonyl (C=O) groups excluding carboxylic acids is 1. The Balaban J connectivity index is 2.63. The minimum absolute atomic E-state index is 0.0145. The number of amides is 1. The largest absolute Gasteiger partial charge is 0.478 e. The minimum atomic E-state index is -1.05. The molecule has 0 saturated heterocycles. The summed E-state index contributed by atoms with van der Waals surface area (Å²) in [5, 5.41) is 18.9. The number of hydrogen-bond donors (Lipinski definition) is 1. The Morgan fingerprint density at radius 3 is 2.46 bits per heavy atom. The summed E-state index contributed by atoms with van der Waals surface area (Å²) in [7, 11) is 3.15. The molecule has 7 heteroatoms. The summed E-state index contributed by atoms with van der Waals surface area (Å²) in [6.45, 7) is 3.66. The molecule has 0 bridgehead atoms. The van der Waals surface area contributed by atoms with Crippen molar-refractivity contribution < 1.29 is 14.7 Å². The lowest BCUT2D eigenvalue weighted by Gasteiger charge is -2.13. The summed E-state index contributed by atoms with van der Waals surface area (Å²) >= 11 is 6.27. The van der Waals surface area contributed by atoms with E-state index in [9.17, 15) is 20.0 Å². The van der Waals surface area contributed by atoms with Crippen LogP contribution in [-0.2, 0) is 4.79 Å². The summed E-state index contributed by atoms with van der Waals surface area (Å²) in [6, 6.07) is 8.20. The van der Waals surface area contributed by atoms with E-state index in [-0.39, 0.29) is 17.0 Å². The fourth-order valence-corrected chi connectivity index (χ4v) is 2.86. The normalized spacial score (nSPS) is 11.2. The third-order valence-electron chi connectivity index (χ3n) is 3.96. The number of hydrogen-bond acceptors (Lipinski definition) is 3. The van der Waals surface area contributed by atoms with Crippen LogP contribution >= 0.6 is 11.6 Å². The Morgan fingerprint density at radius 2 is 1.92 bits per heavy atom. The van der Waals surface area contributed by atoms with E-state index < -0.39 is 5.97 Å². The minimum Gasteiger partial charge on any atom is -0.478 e. The SMILES string of the molecule is Cc1cc(/C=C(/C#N)C(=O)N(C)C)c(C)n1-c1cc(C(=O)O)ccc1Cl. The molecule has 0 aliphatic rings. The van der Waals surface area contributed by atoms with Crippen molar-refractivity contribution in [3.8, 4) is 11.8 Å². The lowest BCUT2D eigenvalue weighted by atomic mass is 10.1. The number of carboxylic acids is 1.